The molecule has 0 aromatic carbocycles. The van der Waals surface area contributed by atoms with Crippen molar-refractivity contribution in [1.29, 1.82) is 0 Å². The number of amides is 1. The molecular formula is C45H86N2O5. The van der Waals surface area contributed by atoms with Crippen LogP contribution in [0.5, 0.6) is 0 Å². The van der Waals surface area contributed by atoms with Gasteiger partial charge in [0, 0.05) is 18.9 Å². The zero-order valence-electron chi connectivity index (χ0n) is 35.4. The second kappa shape index (κ2) is 37.4. The third-order valence-corrected chi connectivity index (χ3v) is 10.6. The Hall–Kier alpha value is -1.89. The van der Waals surface area contributed by atoms with Crippen molar-refractivity contribution in [3.05, 3.63) is 12.2 Å². The quantitative estimate of drug-likeness (QED) is 0.0357. The number of allylic oxidation sites excluding steroid dienone is 2. The molecule has 0 aromatic rings. The first-order valence-electron chi connectivity index (χ1n) is 22.3. The normalized spacial score (nSPS) is 12.8. The Labute approximate surface area is 322 Å². The molecule has 1 amide bonds. The lowest BCUT2D eigenvalue weighted by molar-refractivity contribution is -0.151. The molecule has 0 rings (SSSR count). The van der Waals surface area contributed by atoms with Crippen molar-refractivity contribution in [3.8, 4) is 0 Å². The average Bonchev–Trinajstić information content (AvgIpc) is 3.14. The van der Waals surface area contributed by atoms with E-state index in [1.807, 2.05) is 7.05 Å². The highest BCUT2D eigenvalue weighted by Crippen LogP contribution is 2.21. The van der Waals surface area contributed by atoms with Gasteiger partial charge >= 0.3 is 11.9 Å². The van der Waals surface area contributed by atoms with Gasteiger partial charge in [0.05, 0.1) is 19.0 Å². The number of carbonyl (C=O) groups is 3. The summed E-state index contributed by atoms with van der Waals surface area (Å²) in [5.41, 5.74) is 0. The molecule has 0 spiro atoms. The van der Waals surface area contributed by atoms with E-state index in [1.165, 1.54) is 103 Å². The first-order chi connectivity index (χ1) is 25.3. The Morgan fingerprint density at radius 2 is 1.02 bits per heavy atom. The highest BCUT2D eigenvalue weighted by molar-refractivity contribution is 5.77. The molecule has 2 atom stereocenters. The molecule has 0 aromatic heterocycles. The fraction of sp³-hybridized carbons (Fsp3) is 0.889. The van der Waals surface area contributed by atoms with Crippen molar-refractivity contribution < 1.29 is 23.9 Å². The Morgan fingerprint density at radius 1 is 0.577 bits per heavy atom. The maximum Gasteiger partial charge on any atom is 0.308 e. The number of esters is 2. The van der Waals surface area contributed by atoms with Crippen molar-refractivity contribution in [3.63, 3.8) is 0 Å². The second-order valence-electron chi connectivity index (χ2n) is 15.3. The summed E-state index contributed by atoms with van der Waals surface area (Å²) in [6.07, 6.45) is 35.0. The smallest absolute Gasteiger partial charge is 0.308 e. The molecule has 2 unspecified atom stereocenters. The van der Waals surface area contributed by atoms with Crippen LogP contribution in [0.4, 0.5) is 0 Å². The highest BCUT2D eigenvalue weighted by atomic mass is 16.5. The second-order valence-corrected chi connectivity index (χ2v) is 15.3. The van der Waals surface area contributed by atoms with Gasteiger partial charge in [-0.15, -0.1) is 0 Å². The predicted octanol–water partition coefficient (Wildman–Crippen LogP) is 12.0. The van der Waals surface area contributed by atoms with Gasteiger partial charge in [-0.2, -0.15) is 0 Å². The van der Waals surface area contributed by atoms with E-state index in [9.17, 15) is 14.4 Å². The summed E-state index contributed by atoms with van der Waals surface area (Å²) >= 11 is 0. The van der Waals surface area contributed by atoms with Crippen molar-refractivity contribution >= 4 is 17.8 Å². The van der Waals surface area contributed by atoms with Crippen molar-refractivity contribution in [2.75, 3.05) is 39.9 Å². The van der Waals surface area contributed by atoms with E-state index in [1.54, 1.807) is 4.90 Å². The summed E-state index contributed by atoms with van der Waals surface area (Å²) in [7, 11) is 2.02. The van der Waals surface area contributed by atoms with Crippen molar-refractivity contribution in [2.24, 2.45) is 5.92 Å². The molecule has 52 heavy (non-hydrogen) atoms. The number of carbonyl (C=O) groups excluding carboxylic acids is 3. The lowest BCUT2D eigenvalue weighted by Gasteiger charge is -2.27. The molecule has 0 aliphatic heterocycles. The van der Waals surface area contributed by atoms with E-state index in [4.69, 9.17) is 9.47 Å². The molecule has 306 valence electrons. The van der Waals surface area contributed by atoms with E-state index >= 15 is 0 Å². The van der Waals surface area contributed by atoms with Crippen molar-refractivity contribution in [1.82, 2.24) is 9.80 Å². The molecular weight excluding hydrogens is 649 g/mol. The fourth-order valence-electron chi connectivity index (χ4n) is 6.64. The van der Waals surface area contributed by atoms with Gasteiger partial charge in [-0.1, -0.05) is 155 Å². The Morgan fingerprint density at radius 3 is 1.54 bits per heavy atom. The summed E-state index contributed by atoms with van der Waals surface area (Å²) in [6.45, 7) is 12.7. The average molecular weight is 735 g/mol. The van der Waals surface area contributed by atoms with E-state index in [0.29, 0.717) is 25.9 Å². The fourth-order valence-corrected chi connectivity index (χ4v) is 6.64. The third-order valence-electron chi connectivity index (χ3n) is 10.6. The maximum absolute atomic E-state index is 13.4. The van der Waals surface area contributed by atoms with Gasteiger partial charge in [-0.3, -0.25) is 14.4 Å². The molecule has 0 radical (unpaired) electrons. The molecule has 0 N–H and O–H groups in total. The molecule has 0 aliphatic carbocycles. The van der Waals surface area contributed by atoms with E-state index in [-0.39, 0.29) is 43.0 Å². The standard InChI is InChI=1S/C45H86N2O5/c1-7-11-14-17-19-20-21-22-23-24-25-26-27-29-32-35-44(49)51-38-36-47(43(48)40-41(5)46(6)10-4)37-39-52-45(50)42(33-30-16-13-9-3)34-31-28-18-15-12-8-2/h22-23,41-42H,7-21,24-40H2,1-6H3/b23-22-. The van der Waals surface area contributed by atoms with Crippen LogP contribution in [0.1, 0.15) is 208 Å². The van der Waals surface area contributed by atoms with Crippen molar-refractivity contribution in [2.45, 2.75) is 214 Å². The van der Waals surface area contributed by atoms with Gasteiger partial charge in [0.25, 0.3) is 0 Å². The maximum atomic E-state index is 13.4. The van der Waals surface area contributed by atoms with Crippen LogP contribution in [0, 0.1) is 5.92 Å². The first-order valence-corrected chi connectivity index (χ1v) is 22.3. The summed E-state index contributed by atoms with van der Waals surface area (Å²) in [4.78, 5) is 42.9. The van der Waals surface area contributed by atoms with Crippen LogP contribution in [0.25, 0.3) is 0 Å². The van der Waals surface area contributed by atoms with Crippen LogP contribution in [-0.4, -0.2) is 73.6 Å². The molecule has 7 nitrogen and oxygen atoms in total. The highest BCUT2D eigenvalue weighted by Gasteiger charge is 2.22. The summed E-state index contributed by atoms with van der Waals surface area (Å²) in [6, 6.07) is 0.0936. The number of ether oxygens (including phenoxy) is 2. The zero-order chi connectivity index (χ0) is 38.5. The minimum atomic E-state index is -0.198. The minimum Gasteiger partial charge on any atom is -0.464 e. The Balaban J connectivity index is 4.63. The van der Waals surface area contributed by atoms with Gasteiger partial charge in [-0.25, -0.2) is 0 Å². The predicted molar refractivity (Wildman–Crippen MR) is 221 cm³/mol. The zero-order valence-corrected chi connectivity index (χ0v) is 35.4. The number of nitrogens with zero attached hydrogens (tertiary/aromatic N) is 2. The lowest BCUT2D eigenvalue weighted by Crippen LogP contribution is -2.41. The molecule has 0 fully saturated rings. The SMILES string of the molecule is CCCCCCCC/C=C\CCCCCCCC(=O)OCCN(CCOC(=O)C(CCCCCC)CCCCCCCC)C(=O)CC(C)N(C)CC. The van der Waals surface area contributed by atoms with Crippen LogP contribution in [0.2, 0.25) is 0 Å². The van der Waals surface area contributed by atoms with Gasteiger partial charge in [0.2, 0.25) is 5.91 Å². The summed E-state index contributed by atoms with van der Waals surface area (Å²) in [5, 5.41) is 0. The molecule has 0 saturated heterocycles. The molecule has 0 aliphatic rings. The molecule has 7 heteroatoms. The minimum absolute atomic E-state index is 0.000321. The monoisotopic (exact) mass is 735 g/mol. The molecule has 0 bridgehead atoms. The van der Waals surface area contributed by atoms with Crippen LogP contribution in [0.15, 0.2) is 12.2 Å². The Bertz CT molecular complexity index is 863. The largest absolute Gasteiger partial charge is 0.464 e. The first kappa shape index (κ1) is 50.1. The number of hydrogen-bond acceptors (Lipinski definition) is 6. The van der Waals surface area contributed by atoms with E-state index in [2.05, 4.69) is 51.7 Å². The van der Waals surface area contributed by atoms with Crippen LogP contribution < -0.4 is 0 Å². The van der Waals surface area contributed by atoms with Crippen LogP contribution >= 0.6 is 0 Å². The van der Waals surface area contributed by atoms with E-state index in [0.717, 1.165) is 64.3 Å². The third kappa shape index (κ3) is 30.6. The lowest BCUT2D eigenvalue weighted by atomic mass is 9.94. The number of hydrogen-bond donors (Lipinski definition) is 0. The van der Waals surface area contributed by atoms with Crippen LogP contribution in [-0.2, 0) is 23.9 Å². The van der Waals surface area contributed by atoms with Gasteiger partial charge in [0.1, 0.15) is 13.2 Å². The number of rotatable bonds is 38. The number of unbranched alkanes of at least 4 members (excludes halogenated alkanes) is 19. The van der Waals surface area contributed by atoms with Gasteiger partial charge in [-0.05, 0) is 65.5 Å². The molecule has 0 saturated carbocycles. The molecule has 0 heterocycles. The summed E-state index contributed by atoms with van der Waals surface area (Å²) in [5.74, 6) is -0.387. The van der Waals surface area contributed by atoms with Gasteiger partial charge in [0.15, 0.2) is 0 Å². The van der Waals surface area contributed by atoms with E-state index < -0.39 is 0 Å². The Kier molecular flexibility index (Phi) is 36.1. The topological polar surface area (TPSA) is 76.1 Å². The van der Waals surface area contributed by atoms with Crippen LogP contribution in [0.3, 0.4) is 0 Å². The summed E-state index contributed by atoms with van der Waals surface area (Å²) < 4.78 is 11.4. The van der Waals surface area contributed by atoms with Gasteiger partial charge < -0.3 is 19.3 Å².